The molecule has 0 aromatic heterocycles. The molecule has 2 aromatic rings. The van der Waals surface area contributed by atoms with Crippen molar-refractivity contribution in [3.8, 4) is 11.5 Å². The molecule has 0 fully saturated rings. The van der Waals surface area contributed by atoms with Gasteiger partial charge >= 0.3 is 0 Å². The zero-order valence-electron chi connectivity index (χ0n) is 18.6. The number of aryl methyl sites for hydroxylation is 1. The number of benzene rings is 2. The molecule has 29 heavy (non-hydrogen) atoms. The van der Waals surface area contributed by atoms with E-state index in [1.807, 2.05) is 45.0 Å². The summed E-state index contributed by atoms with van der Waals surface area (Å²) in [5.41, 5.74) is 3.14. The van der Waals surface area contributed by atoms with E-state index in [2.05, 4.69) is 44.3 Å². The molecule has 1 aliphatic rings. The van der Waals surface area contributed by atoms with Gasteiger partial charge in [0.25, 0.3) is 5.91 Å². The third kappa shape index (κ3) is 5.11. The summed E-state index contributed by atoms with van der Waals surface area (Å²) in [5.74, 6) is 1.42. The van der Waals surface area contributed by atoms with E-state index < -0.39 is 6.10 Å². The molecule has 2 atom stereocenters. The molecule has 0 saturated carbocycles. The van der Waals surface area contributed by atoms with Crippen molar-refractivity contribution in [2.24, 2.45) is 0 Å². The van der Waals surface area contributed by atoms with Gasteiger partial charge in [-0.05, 0) is 62.4 Å². The molecule has 3 rings (SSSR count). The highest BCUT2D eigenvalue weighted by molar-refractivity contribution is 5.81. The molecule has 2 aromatic carbocycles. The highest BCUT2D eigenvalue weighted by Crippen LogP contribution is 2.40. The molecule has 1 heterocycles. The number of carbonyl (C=O) groups excluding carboxylic acids is 1. The molecule has 0 spiro atoms. The van der Waals surface area contributed by atoms with Crippen molar-refractivity contribution < 1.29 is 14.3 Å². The first kappa shape index (κ1) is 21.2. The summed E-state index contributed by atoms with van der Waals surface area (Å²) in [7, 11) is 0. The number of hydrogen-bond acceptors (Lipinski definition) is 3. The fourth-order valence-electron chi connectivity index (χ4n) is 3.67. The van der Waals surface area contributed by atoms with Gasteiger partial charge in [-0.2, -0.15) is 0 Å². The van der Waals surface area contributed by atoms with Crippen LogP contribution in [-0.4, -0.2) is 17.6 Å². The van der Waals surface area contributed by atoms with E-state index in [0.717, 1.165) is 16.9 Å². The first-order valence-corrected chi connectivity index (χ1v) is 10.3. The topological polar surface area (TPSA) is 47.6 Å². The summed E-state index contributed by atoms with van der Waals surface area (Å²) in [6.07, 6.45) is 0.122. The van der Waals surface area contributed by atoms with Crippen LogP contribution >= 0.6 is 0 Å². The minimum absolute atomic E-state index is 0.0864. The van der Waals surface area contributed by atoms with E-state index in [1.165, 1.54) is 5.56 Å². The minimum atomic E-state index is -0.588. The Morgan fingerprint density at radius 2 is 1.83 bits per heavy atom. The second kappa shape index (κ2) is 7.74. The highest BCUT2D eigenvalue weighted by atomic mass is 16.5. The fourth-order valence-corrected chi connectivity index (χ4v) is 3.67. The van der Waals surface area contributed by atoms with Crippen LogP contribution < -0.4 is 14.8 Å². The lowest BCUT2D eigenvalue weighted by Crippen LogP contribution is -2.44. The van der Waals surface area contributed by atoms with Crippen molar-refractivity contribution in [1.29, 1.82) is 0 Å². The number of hydrogen-bond donors (Lipinski definition) is 1. The molecule has 4 heteroatoms. The number of nitrogens with one attached hydrogen (secondary N) is 1. The Kier molecular flexibility index (Phi) is 5.66. The van der Waals surface area contributed by atoms with Crippen LogP contribution in [0.15, 0.2) is 42.5 Å². The normalized spacial score (nSPS) is 18.9. The van der Waals surface area contributed by atoms with Gasteiger partial charge < -0.3 is 14.8 Å². The Morgan fingerprint density at radius 3 is 2.45 bits per heavy atom. The molecule has 1 N–H and O–H groups in total. The lowest BCUT2D eigenvalue weighted by molar-refractivity contribution is -0.128. The van der Waals surface area contributed by atoms with Gasteiger partial charge in [0.1, 0.15) is 17.1 Å². The van der Waals surface area contributed by atoms with Crippen molar-refractivity contribution in [1.82, 2.24) is 5.32 Å². The Labute approximate surface area is 174 Å². The molecule has 2 unspecified atom stereocenters. The summed E-state index contributed by atoms with van der Waals surface area (Å²) >= 11 is 0. The minimum Gasteiger partial charge on any atom is -0.487 e. The monoisotopic (exact) mass is 395 g/mol. The molecule has 0 aliphatic carbocycles. The standard InChI is InChI=1S/C25H33NO3/c1-16-8-13-20-21(15-25(6,7)29-22(20)14-16)26-23(27)17(2)28-19-11-9-18(10-12-19)24(3,4)5/h8-14,17,21H,15H2,1-7H3,(H,26,27). The second-order valence-corrected chi connectivity index (χ2v) is 9.70. The quantitative estimate of drug-likeness (QED) is 0.746. The average molecular weight is 396 g/mol. The molecule has 1 aliphatic heterocycles. The van der Waals surface area contributed by atoms with Crippen LogP contribution in [0.4, 0.5) is 0 Å². The molecular formula is C25H33NO3. The summed E-state index contributed by atoms with van der Waals surface area (Å²) in [6.45, 7) is 14.4. The zero-order valence-corrected chi connectivity index (χ0v) is 18.6. The number of rotatable bonds is 4. The highest BCUT2D eigenvalue weighted by Gasteiger charge is 2.35. The van der Waals surface area contributed by atoms with Crippen molar-refractivity contribution >= 4 is 5.91 Å². The summed E-state index contributed by atoms with van der Waals surface area (Å²) in [4.78, 5) is 12.9. The van der Waals surface area contributed by atoms with Gasteiger partial charge in [-0.15, -0.1) is 0 Å². The molecule has 0 radical (unpaired) electrons. The maximum Gasteiger partial charge on any atom is 0.261 e. The lowest BCUT2D eigenvalue weighted by atomic mass is 9.87. The van der Waals surface area contributed by atoms with E-state index in [9.17, 15) is 4.79 Å². The first-order chi connectivity index (χ1) is 13.4. The van der Waals surface area contributed by atoms with Gasteiger partial charge in [0.15, 0.2) is 6.10 Å². The third-order valence-corrected chi connectivity index (χ3v) is 5.35. The molecular weight excluding hydrogens is 362 g/mol. The van der Waals surface area contributed by atoms with E-state index in [4.69, 9.17) is 9.47 Å². The Balaban J connectivity index is 1.70. The van der Waals surface area contributed by atoms with Gasteiger partial charge in [-0.3, -0.25) is 4.79 Å². The lowest BCUT2D eigenvalue weighted by Gasteiger charge is -2.38. The predicted octanol–water partition coefficient (Wildman–Crippen LogP) is 5.48. The van der Waals surface area contributed by atoms with E-state index in [0.29, 0.717) is 12.2 Å². The molecule has 156 valence electrons. The zero-order chi connectivity index (χ0) is 21.4. The van der Waals surface area contributed by atoms with Gasteiger partial charge in [0.2, 0.25) is 0 Å². The third-order valence-electron chi connectivity index (χ3n) is 5.35. The molecule has 1 amide bonds. The van der Waals surface area contributed by atoms with Crippen molar-refractivity contribution in [3.63, 3.8) is 0 Å². The molecule has 0 saturated heterocycles. The van der Waals surface area contributed by atoms with Crippen molar-refractivity contribution in [3.05, 3.63) is 59.2 Å². The van der Waals surface area contributed by atoms with E-state index in [1.54, 1.807) is 6.92 Å². The van der Waals surface area contributed by atoms with Crippen LogP contribution in [0.25, 0.3) is 0 Å². The maximum absolute atomic E-state index is 12.9. The fraction of sp³-hybridized carbons (Fsp3) is 0.480. The number of amides is 1. The van der Waals surface area contributed by atoms with E-state index >= 15 is 0 Å². The largest absolute Gasteiger partial charge is 0.487 e. The van der Waals surface area contributed by atoms with Crippen molar-refractivity contribution in [2.75, 3.05) is 0 Å². The van der Waals surface area contributed by atoms with E-state index in [-0.39, 0.29) is 23.0 Å². The van der Waals surface area contributed by atoms with Crippen LogP contribution in [0.5, 0.6) is 11.5 Å². The number of fused-ring (bicyclic) bond motifs is 1. The van der Waals surface area contributed by atoms with Gasteiger partial charge in [0, 0.05) is 12.0 Å². The Morgan fingerprint density at radius 1 is 1.17 bits per heavy atom. The Bertz CT molecular complexity index is 878. The van der Waals surface area contributed by atoms with Gasteiger partial charge in [-0.25, -0.2) is 0 Å². The number of carbonyl (C=O) groups is 1. The van der Waals surface area contributed by atoms with Gasteiger partial charge in [0.05, 0.1) is 6.04 Å². The van der Waals surface area contributed by atoms with Crippen molar-refractivity contribution in [2.45, 2.75) is 78.0 Å². The molecule has 0 bridgehead atoms. The van der Waals surface area contributed by atoms with Crippen LogP contribution in [0.2, 0.25) is 0 Å². The van der Waals surface area contributed by atoms with Crippen LogP contribution in [0.1, 0.15) is 70.7 Å². The van der Waals surface area contributed by atoms with Crippen LogP contribution in [0.3, 0.4) is 0 Å². The predicted molar refractivity (Wildman–Crippen MR) is 117 cm³/mol. The summed E-state index contributed by atoms with van der Waals surface area (Å²) in [6, 6.07) is 14.0. The average Bonchev–Trinajstić information content (AvgIpc) is 2.59. The van der Waals surface area contributed by atoms with Crippen LogP contribution in [0, 0.1) is 6.92 Å². The Hall–Kier alpha value is -2.49. The summed E-state index contributed by atoms with van der Waals surface area (Å²) in [5, 5.41) is 3.16. The smallest absolute Gasteiger partial charge is 0.261 e. The second-order valence-electron chi connectivity index (χ2n) is 9.70. The molecule has 4 nitrogen and oxygen atoms in total. The first-order valence-electron chi connectivity index (χ1n) is 10.3. The van der Waals surface area contributed by atoms with Crippen LogP contribution in [-0.2, 0) is 10.2 Å². The SMILES string of the molecule is Cc1ccc2c(c1)OC(C)(C)CC2NC(=O)C(C)Oc1ccc(C(C)(C)C)cc1. The summed E-state index contributed by atoms with van der Waals surface area (Å²) < 4.78 is 12.0. The maximum atomic E-state index is 12.9. The number of ether oxygens (including phenoxy) is 2. The van der Waals surface area contributed by atoms with Gasteiger partial charge in [-0.1, -0.05) is 45.0 Å².